The lowest BCUT2D eigenvalue weighted by molar-refractivity contribution is -0.384. The number of hydrogen-bond donors (Lipinski definition) is 2. The predicted molar refractivity (Wildman–Crippen MR) is 72.1 cm³/mol. The number of aliphatic hydroxyl groups is 1. The van der Waals surface area contributed by atoms with E-state index < -0.39 is 22.2 Å². The summed E-state index contributed by atoms with van der Waals surface area (Å²) in [5.74, 6) is -1.33. The molecule has 0 bridgehead atoms. The number of β-amino-alcohol motifs (C(OH)–C–C–N with tert-alkyl or cyclic N) is 1. The van der Waals surface area contributed by atoms with Gasteiger partial charge in [-0.25, -0.2) is 4.79 Å². The summed E-state index contributed by atoms with van der Waals surface area (Å²) in [6.45, 7) is 2.48. The molecule has 2 rings (SSSR count). The first kappa shape index (κ1) is 14.3. The minimum absolute atomic E-state index is 0.245. The van der Waals surface area contributed by atoms with E-state index in [9.17, 15) is 20.0 Å². The number of anilines is 1. The third-order valence-corrected chi connectivity index (χ3v) is 3.44. The topological polar surface area (TPSA) is 104 Å². The van der Waals surface area contributed by atoms with Gasteiger partial charge in [0.05, 0.1) is 10.5 Å². The Morgan fingerprint density at radius 2 is 2.20 bits per heavy atom. The Morgan fingerprint density at radius 3 is 2.75 bits per heavy atom. The summed E-state index contributed by atoms with van der Waals surface area (Å²) in [6.07, 6.45) is 1.32. The van der Waals surface area contributed by atoms with Crippen molar-refractivity contribution in [1.29, 1.82) is 0 Å². The first-order chi connectivity index (χ1) is 9.32. The number of carboxylic acid groups (broad SMARTS) is 1. The first-order valence-corrected chi connectivity index (χ1v) is 6.30. The fourth-order valence-electron chi connectivity index (χ4n) is 2.58. The molecule has 1 aromatic carbocycles. The van der Waals surface area contributed by atoms with Gasteiger partial charge in [-0.05, 0) is 31.9 Å². The van der Waals surface area contributed by atoms with E-state index >= 15 is 0 Å². The van der Waals surface area contributed by atoms with E-state index in [1.54, 1.807) is 11.8 Å². The Hall–Kier alpha value is -2.15. The molecule has 0 radical (unpaired) electrons. The number of hydrogen-bond acceptors (Lipinski definition) is 5. The van der Waals surface area contributed by atoms with Gasteiger partial charge >= 0.3 is 11.7 Å². The zero-order chi connectivity index (χ0) is 14.9. The molecule has 1 atom stereocenters. The van der Waals surface area contributed by atoms with Crippen molar-refractivity contribution in [3.63, 3.8) is 0 Å². The molecule has 1 aliphatic rings. The van der Waals surface area contributed by atoms with Crippen LogP contribution in [0.3, 0.4) is 0 Å². The van der Waals surface area contributed by atoms with Crippen LogP contribution in [0.15, 0.2) is 18.2 Å². The number of rotatable bonds is 3. The molecule has 20 heavy (non-hydrogen) atoms. The largest absolute Gasteiger partial charge is 0.477 e. The minimum Gasteiger partial charge on any atom is -0.477 e. The highest BCUT2D eigenvalue weighted by atomic mass is 16.6. The number of nitro groups is 1. The van der Waals surface area contributed by atoms with Crippen LogP contribution in [0, 0.1) is 10.1 Å². The lowest BCUT2D eigenvalue weighted by Gasteiger charge is -2.38. The van der Waals surface area contributed by atoms with Gasteiger partial charge in [-0.15, -0.1) is 0 Å². The van der Waals surface area contributed by atoms with E-state index in [4.69, 9.17) is 5.11 Å². The molecular weight excluding hydrogens is 264 g/mol. The van der Waals surface area contributed by atoms with Crippen molar-refractivity contribution in [2.45, 2.75) is 25.4 Å². The number of aromatic carboxylic acids is 1. The maximum Gasteiger partial charge on any atom is 0.342 e. The molecule has 0 amide bonds. The summed E-state index contributed by atoms with van der Waals surface area (Å²) in [6, 6.07) is 4.22. The number of para-hydroxylation sites is 1. The third-order valence-electron chi connectivity index (χ3n) is 3.44. The maximum atomic E-state index is 11.2. The van der Waals surface area contributed by atoms with Crippen molar-refractivity contribution in [2.75, 3.05) is 18.0 Å². The monoisotopic (exact) mass is 280 g/mol. The molecule has 1 unspecified atom stereocenters. The second-order valence-corrected chi connectivity index (χ2v) is 5.26. The lowest BCUT2D eigenvalue weighted by atomic mass is 9.94. The SMILES string of the molecule is CC1(O)CCCN(c2cccc(C(=O)O)c2[N+](=O)[O-])C1. The molecule has 1 aromatic rings. The molecule has 7 nitrogen and oxygen atoms in total. The quantitative estimate of drug-likeness (QED) is 0.644. The van der Waals surface area contributed by atoms with Crippen LogP contribution in [0.2, 0.25) is 0 Å². The number of benzene rings is 1. The number of nitro benzene ring substituents is 1. The van der Waals surface area contributed by atoms with E-state index in [2.05, 4.69) is 0 Å². The molecule has 2 N–H and O–H groups in total. The van der Waals surface area contributed by atoms with Crippen molar-refractivity contribution >= 4 is 17.3 Å². The second kappa shape index (κ2) is 5.09. The summed E-state index contributed by atoms with van der Waals surface area (Å²) >= 11 is 0. The number of piperidine rings is 1. The van der Waals surface area contributed by atoms with E-state index in [0.29, 0.717) is 19.4 Å². The van der Waals surface area contributed by atoms with E-state index in [1.165, 1.54) is 18.2 Å². The van der Waals surface area contributed by atoms with Crippen LogP contribution in [-0.4, -0.2) is 39.8 Å². The highest BCUT2D eigenvalue weighted by Gasteiger charge is 2.33. The van der Waals surface area contributed by atoms with Gasteiger partial charge in [-0.2, -0.15) is 0 Å². The third kappa shape index (κ3) is 2.72. The van der Waals surface area contributed by atoms with Gasteiger partial charge in [-0.1, -0.05) is 6.07 Å². The minimum atomic E-state index is -1.33. The van der Waals surface area contributed by atoms with Crippen LogP contribution in [0.5, 0.6) is 0 Å². The van der Waals surface area contributed by atoms with Gasteiger partial charge in [0.1, 0.15) is 11.3 Å². The number of carboxylic acids is 1. The highest BCUT2D eigenvalue weighted by Crippen LogP contribution is 2.35. The standard InChI is InChI=1S/C13H16N2O5/c1-13(18)6-3-7-14(8-13)10-5-2-4-9(12(16)17)11(10)15(19)20/h2,4-5,18H,3,6-8H2,1H3,(H,16,17). The molecule has 0 spiro atoms. The van der Waals surface area contributed by atoms with Crippen LogP contribution in [0.25, 0.3) is 0 Å². The summed E-state index contributed by atoms with van der Waals surface area (Å²) in [5.41, 5.74) is -1.43. The summed E-state index contributed by atoms with van der Waals surface area (Å²) in [7, 11) is 0. The smallest absolute Gasteiger partial charge is 0.342 e. The van der Waals surface area contributed by atoms with Gasteiger partial charge < -0.3 is 15.1 Å². The van der Waals surface area contributed by atoms with Gasteiger partial charge in [0, 0.05) is 13.1 Å². The van der Waals surface area contributed by atoms with Crippen LogP contribution in [-0.2, 0) is 0 Å². The van der Waals surface area contributed by atoms with E-state index in [1.807, 2.05) is 0 Å². The average molecular weight is 280 g/mol. The van der Waals surface area contributed by atoms with Crippen molar-refractivity contribution < 1.29 is 19.9 Å². The Labute approximate surface area is 115 Å². The Morgan fingerprint density at radius 1 is 1.50 bits per heavy atom. The summed E-state index contributed by atoms with van der Waals surface area (Å²) in [5, 5.41) is 30.4. The van der Waals surface area contributed by atoms with Crippen LogP contribution < -0.4 is 4.90 Å². The molecule has 1 fully saturated rings. The Balaban J connectivity index is 2.48. The molecule has 1 aliphatic heterocycles. The second-order valence-electron chi connectivity index (χ2n) is 5.26. The van der Waals surface area contributed by atoms with E-state index in [-0.39, 0.29) is 17.8 Å². The van der Waals surface area contributed by atoms with Crippen molar-refractivity contribution in [3.8, 4) is 0 Å². The number of carbonyl (C=O) groups is 1. The Bertz CT molecular complexity index is 556. The van der Waals surface area contributed by atoms with Gasteiger partial charge in [0.15, 0.2) is 0 Å². The molecule has 0 saturated carbocycles. The molecule has 108 valence electrons. The van der Waals surface area contributed by atoms with E-state index in [0.717, 1.165) is 0 Å². The molecule has 1 heterocycles. The predicted octanol–water partition coefficient (Wildman–Crippen LogP) is 1.64. The molecule has 7 heteroatoms. The average Bonchev–Trinajstić information content (AvgIpc) is 2.36. The van der Waals surface area contributed by atoms with Crippen LogP contribution in [0.1, 0.15) is 30.1 Å². The fourth-order valence-corrected chi connectivity index (χ4v) is 2.58. The van der Waals surface area contributed by atoms with Crippen molar-refractivity contribution in [3.05, 3.63) is 33.9 Å². The zero-order valence-corrected chi connectivity index (χ0v) is 11.1. The van der Waals surface area contributed by atoms with Gasteiger partial charge in [0.2, 0.25) is 0 Å². The van der Waals surface area contributed by atoms with Crippen molar-refractivity contribution in [1.82, 2.24) is 0 Å². The molecule has 0 aromatic heterocycles. The highest BCUT2D eigenvalue weighted by molar-refractivity contribution is 5.95. The molecular formula is C13H16N2O5. The summed E-state index contributed by atoms with van der Waals surface area (Å²) < 4.78 is 0. The van der Waals surface area contributed by atoms with Gasteiger partial charge in [-0.3, -0.25) is 10.1 Å². The number of nitrogens with zero attached hydrogens (tertiary/aromatic N) is 2. The maximum absolute atomic E-state index is 11.2. The lowest BCUT2D eigenvalue weighted by Crippen LogP contribution is -2.46. The first-order valence-electron chi connectivity index (χ1n) is 6.30. The zero-order valence-electron chi connectivity index (χ0n) is 11.1. The molecule has 0 aliphatic carbocycles. The van der Waals surface area contributed by atoms with Crippen LogP contribution in [0.4, 0.5) is 11.4 Å². The molecule has 1 saturated heterocycles. The van der Waals surface area contributed by atoms with Crippen molar-refractivity contribution in [2.24, 2.45) is 0 Å². The van der Waals surface area contributed by atoms with Gasteiger partial charge in [0.25, 0.3) is 0 Å². The fraction of sp³-hybridized carbons (Fsp3) is 0.462. The summed E-state index contributed by atoms with van der Waals surface area (Å²) in [4.78, 5) is 23.3. The van der Waals surface area contributed by atoms with Crippen LogP contribution >= 0.6 is 0 Å². The Kier molecular flexibility index (Phi) is 3.63. The normalized spacial score (nSPS) is 22.6.